The second kappa shape index (κ2) is 7.51. The van der Waals surface area contributed by atoms with Crippen LogP contribution in [0.1, 0.15) is 26.3 Å². The van der Waals surface area contributed by atoms with Gasteiger partial charge in [-0.05, 0) is 51.1 Å². The Morgan fingerprint density at radius 2 is 1.80 bits per heavy atom. The Bertz CT molecular complexity index is 1020. The number of carbonyl (C=O) groups excluding carboxylic acids is 1. The van der Waals surface area contributed by atoms with Crippen molar-refractivity contribution in [2.75, 3.05) is 26.6 Å². The maximum Gasteiger partial charge on any atom is 0.237 e. The number of nitrogens with zero attached hydrogens (tertiary/aromatic N) is 2. The molecule has 0 fully saturated rings. The van der Waals surface area contributed by atoms with E-state index in [4.69, 9.17) is 15.2 Å². The molecule has 8 heteroatoms. The van der Waals surface area contributed by atoms with Crippen LogP contribution in [0.3, 0.4) is 0 Å². The highest BCUT2D eigenvalue weighted by molar-refractivity contribution is 6.01. The summed E-state index contributed by atoms with van der Waals surface area (Å²) < 4.78 is 25.7. The number of carbonyl (C=O) groups is 1. The standard InChI is InChI=1S/C22H27FN4O3/c1-21(2)19(28)27(4)20(24)26-22(21,3)15-11-13(7-9-16(15)23)25-17-12-14(29-5)8-10-18(17)30-6/h7-12,25H,1-6H3,(H2,24,26). The number of methoxy groups -OCH3 is 2. The van der Waals surface area contributed by atoms with Crippen molar-refractivity contribution in [3.05, 3.63) is 47.8 Å². The number of nitrogens with two attached hydrogens (primary N) is 1. The maximum absolute atomic E-state index is 15.0. The number of ether oxygens (including phenoxy) is 2. The van der Waals surface area contributed by atoms with Crippen molar-refractivity contribution in [1.29, 1.82) is 0 Å². The van der Waals surface area contributed by atoms with Crippen molar-refractivity contribution in [3.63, 3.8) is 0 Å². The minimum atomic E-state index is -1.19. The third kappa shape index (κ3) is 3.32. The van der Waals surface area contributed by atoms with E-state index >= 15 is 0 Å². The molecule has 0 spiro atoms. The van der Waals surface area contributed by atoms with Gasteiger partial charge in [-0.2, -0.15) is 0 Å². The summed E-state index contributed by atoms with van der Waals surface area (Å²) in [5, 5.41) is 3.23. The minimum Gasteiger partial charge on any atom is -0.497 e. The Hall–Kier alpha value is -3.29. The fraction of sp³-hybridized carbons (Fsp3) is 0.364. The lowest BCUT2D eigenvalue weighted by atomic mass is 9.67. The monoisotopic (exact) mass is 414 g/mol. The third-order valence-corrected chi connectivity index (χ3v) is 5.91. The predicted octanol–water partition coefficient (Wildman–Crippen LogP) is 3.61. The smallest absolute Gasteiger partial charge is 0.237 e. The Kier molecular flexibility index (Phi) is 5.36. The molecule has 1 unspecified atom stereocenters. The fourth-order valence-corrected chi connectivity index (χ4v) is 3.62. The molecule has 2 aromatic carbocycles. The zero-order chi connectivity index (χ0) is 22.3. The number of rotatable bonds is 5. The Balaban J connectivity index is 2.10. The van der Waals surface area contributed by atoms with Gasteiger partial charge in [0.15, 0.2) is 5.96 Å². The minimum absolute atomic E-state index is 0.0500. The molecular formula is C22H27FN4O3. The first-order chi connectivity index (χ1) is 14.0. The van der Waals surface area contributed by atoms with Crippen molar-refractivity contribution in [3.8, 4) is 11.5 Å². The number of hydrogen-bond acceptors (Lipinski definition) is 6. The zero-order valence-corrected chi connectivity index (χ0v) is 18.0. The average molecular weight is 414 g/mol. The van der Waals surface area contributed by atoms with Crippen molar-refractivity contribution in [2.45, 2.75) is 26.3 Å². The van der Waals surface area contributed by atoms with Crippen molar-refractivity contribution < 1.29 is 18.7 Å². The molecule has 160 valence electrons. The molecule has 30 heavy (non-hydrogen) atoms. The molecule has 0 saturated heterocycles. The van der Waals surface area contributed by atoms with E-state index in [1.807, 2.05) is 0 Å². The van der Waals surface area contributed by atoms with Gasteiger partial charge in [0.1, 0.15) is 22.9 Å². The number of amides is 1. The summed E-state index contributed by atoms with van der Waals surface area (Å²) in [6.07, 6.45) is 0. The molecule has 1 aliphatic rings. The molecule has 0 bridgehead atoms. The van der Waals surface area contributed by atoms with Gasteiger partial charge in [-0.1, -0.05) is 0 Å². The SMILES string of the molecule is COc1ccc(OC)c(Nc2ccc(F)c(C3(C)N=C(N)N(C)C(=O)C3(C)C)c2)c1. The van der Waals surface area contributed by atoms with E-state index in [-0.39, 0.29) is 17.4 Å². The van der Waals surface area contributed by atoms with Gasteiger partial charge in [0.05, 0.1) is 25.3 Å². The molecular weight excluding hydrogens is 387 g/mol. The summed E-state index contributed by atoms with van der Waals surface area (Å²) in [5.41, 5.74) is 5.29. The van der Waals surface area contributed by atoms with Crippen molar-refractivity contribution >= 4 is 23.2 Å². The van der Waals surface area contributed by atoms with Crippen LogP contribution in [0.5, 0.6) is 11.5 Å². The molecule has 1 amide bonds. The molecule has 1 aliphatic heterocycles. The molecule has 0 aromatic heterocycles. The molecule has 7 nitrogen and oxygen atoms in total. The number of halogens is 1. The van der Waals surface area contributed by atoms with E-state index in [2.05, 4.69) is 10.3 Å². The van der Waals surface area contributed by atoms with Crippen LogP contribution in [-0.2, 0) is 10.3 Å². The second-order valence-corrected chi connectivity index (χ2v) is 7.92. The topological polar surface area (TPSA) is 89.2 Å². The Morgan fingerprint density at radius 1 is 1.10 bits per heavy atom. The van der Waals surface area contributed by atoms with Gasteiger partial charge in [-0.15, -0.1) is 0 Å². The molecule has 0 radical (unpaired) electrons. The van der Waals surface area contributed by atoms with Gasteiger partial charge in [-0.25, -0.2) is 9.38 Å². The lowest BCUT2D eigenvalue weighted by Gasteiger charge is -2.46. The summed E-state index contributed by atoms with van der Waals surface area (Å²) in [5.74, 6) is 0.596. The van der Waals surface area contributed by atoms with E-state index in [1.54, 1.807) is 72.4 Å². The Morgan fingerprint density at radius 3 is 2.43 bits per heavy atom. The first kappa shape index (κ1) is 21.4. The predicted molar refractivity (Wildman–Crippen MR) is 115 cm³/mol. The van der Waals surface area contributed by atoms with Crippen LogP contribution in [0.25, 0.3) is 0 Å². The first-order valence-electron chi connectivity index (χ1n) is 9.47. The van der Waals surface area contributed by atoms with Gasteiger partial charge in [-0.3, -0.25) is 9.69 Å². The maximum atomic E-state index is 15.0. The van der Waals surface area contributed by atoms with Gasteiger partial charge in [0, 0.05) is 24.4 Å². The van der Waals surface area contributed by atoms with Crippen LogP contribution >= 0.6 is 0 Å². The number of benzene rings is 2. The molecule has 2 aromatic rings. The highest BCUT2D eigenvalue weighted by Gasteiger charge is 2.53. The zero-order valence-electron chi connectivity index (χ0n) is 18.0. The Labute approximate surface area is 175 Å². The van der Waals surface area contributed by atoms with E-state index in [1.165, 1.54) is 11.0 Å². The lowest BCUT2D eigenvalue weighted by molar-refractivity contribution is -0.140. The van der Waals surface area contributed by atoms with Crippen molar-refractivity contribution in [1.82, 2.24) is 4.90 Å². The van der Waals surface area contributed by atoms with Crippen molar-refractivity contribution in [2.24, 2.45) is 16.1 Å². The molecule has 0 aliphatic carbocycles. The van der Waals surface area contributed by atoms with Crippen LogP contribution in [0.4, 0.5) is 15.8 Å². The molecule has 3 N–H and O–H groups in total. The van der Waals surface area contributed by atoms with Crippen LogP contribution in [-0.4, -0.2) is 38.0 Å². The van der Waals surface area contributed by atoms with E-state index < -0.39 is 16.8 Å². The van der Waals surface area contributed by atoms with Gasteiger partial charge < -0.3 is 20.5 Å². The van der Waals surface area contributed by atoms with Crippen LogP contribution in [0.15, 0.2) is 41.4 Å². The molecule has 1 heterocycles. The van der Waals surface area contributed by atoms with Crippen LogP contribution in [0, 0.1) is 11.2 Å². The second-order valence-electron chi connectivity index (χ2n) is 7.92. The highest BCUT2D eigenvalue weighted by Crippen LogP contribution is 2.48. The van der Waals surface area contributed by atoms with E-state index in [0.717, 1.165) is 0 Å². The number of aliphatic imine (C=N–C) groups is 1. The van der Waals surface area contributed by atoms with E-state index in [0.29, 0.717) is 22.9 Å². The number of anilines is 2. The largest absolute Gasteiger partial charge is 0.497 e. The van der Waals surface area contributed by atoms with Crippen LogP contribution in [0.2, 0.25) is 0 Å². The quantitative estimate of drug-likeness (QED) is 0.780. The third-order valence-electron chi connectivity index (χ3n) is 5.91. The summed E-state index contributed by atoms with van der Waals surface area (Å²) in [4.78, 5) is 18.7. The summed E-state index contributed by atoms with van der Waals surface area (Å²) in [6.45, 7) is 5.21. The molecule has 3 rings (SSSR count). The normalized spacial score (nSPS) is 20.6. The fourth-order valence-electron chi connectivity index (χ4n) is 3.62. The number of guanidine groups is 1. The van der Waals surface area contributed by atoms with Gasteiger partial charge >= 0.3 is 0 Å². The van der Waals surface area contributed by atoms with E-state index in [9.17, 15) is 9.18 Å². The lowest BCUT2D eigenvalue weighted by Crippen LogP contribution is -2.58. The number of hydrogen-bond donors (Lipinski definition) is 2. The summed E-state index contributed by atoms with van der Waals surface area (Å²) >= 11 is 0. The summed E-state index contributed by atoms with van der Waals surface area (Å²) in [7, 11) is 4.70. The molecule has 0 saturated carbocycles. The van der Waals surface area contributed by atoms with Crippen LogP contribution < -0.4 is 20.5 Å². The highest BCUT2D eigenvalue weighted by atomic mass is 19.1. The van der Waals surface area contributed by atoms with Gasteiger partial charge in [0.2, 0.25) is 5.91 Å². The van der Waals surface area contributed by atoms with Gasteiger partial charge in [0.25, 0.3) is 0 Å². The molecule has 1 atom stereocenters. The first-order valence-corrected chi connectivity index (χ1v) is 9.47. The summed E-state index contributed by atoms with van der Waals surface area (Å²) in [6, 6.07) is 9.94. The number of nitrogens with one attached hydrogen (secondary N) is 1. The average Bonchev–Trinajstić information content (AvgIpc) is 2.72.